The largest absolute Gasteiger partial charge is 0.494 e. The third kappa shape index (κ3) is 3.43. The van der Waals surface area contributed by atoms with Gasteiger partial charge in [-0.3, -0.25) is 0 Å². The molecule has 0 bridgehead atoms. The average molecular weight is 400 g/mol. The van der Waals surface area contributed by atoms with Gasteiger partial charge in [0.05, 0.1) is 12.0 Å². The number of methoxy groups -OCH3 is 1. The quantitative estimate of drug-likeness (QED) is 0.635. The molecular weight excluding hydrogens is 380 g/mol. The second-order valence-corrected chi connectivity index (χ2v) is 8.25. The highest BCUT2D eigenvalue weighted by Gasteiger charge is 2.29. The Bertz CT molecular complexity index is 1030. The first-order valence-electron chi connectivity index (χ1n) is 8.81. The van der Waals surface area contributed by atoms with Crippen LogP contribution in [0.2, 0.25) is 0 Å². The molecule has 4 rings (SSSR count). The lowest BCUT2D eigenvalue weighted by atomic mass is 10.2. The van der Waals surface area contributed by atoms with Crippen LogP contribution in [0.15, 0.2) is 59.8 Å². The van der Waals surface area contributed by atoms with Gasteiger partial charge in [0.15, 0.2) is 0 Å². The number of piperazine rings is 1. The fraction of sp³-hybridized carbons (Fsp3) is 0.278. The Morgan fingerprint density at radius 1 is 1.00 bits per heavy atom. The number of sulfonamides is 1. The van der Waals surface area contributed by atoms with Gasteiger partial charge in [0.1, 0.15) is 17.8 Å². The Kier molecular flexibility index (Phi) is 4.97. The summed E-state index contributed by atoms with van der Waals surface area (Å²) in [6, 6.07) is 14.7. The molecule has 146 valence electrons. The molecule has 28 heavy (non-hydrogen) atoms. The predicted molar refractivity (Wildman–Crippen MR) is 103 cm³/mol. The molecular formula is C18H20N6O3S. The van der Waals surface area contributed by atoms with Crippen LogP contribution in [0.25, 0.3) is 5.69 Å². The predicted octanol–water partition coefficient (Wildman–Crippen LogP) is 1.18. The Morgan fingerprint density at radius 3 is 2.39 bits per heavy atom. The molecule has 0 spiro atoms. The molecule has 1 aliphatic rings. The fourth-order valence-electron chi connectivity index (χ4n) is 3.25. The maximum atomic E-state index is 13.1. The van der Waals surface area contributed by atoms with Crippen LogP contribution >= 0.6 is 0 Å². The summed E-state index contributed by atoms with van der Waals surface area (Å²) in [4.78, 5) is 2.38. The van der Waals surface area contributed by atoms with Gasteiger partial charge in [-0.1, -0.05) is 18.2 Å². The lowest BCUT2D eigenvalue weighted by molar-refractivity contribution is 0.383. The lowest BCUT2D eigenvalue weighted by Crippen LogP contribution is -2.48. The van der Waals surface area contributed by atoms with Crippen molar-refractivity contribution < 1.29 is 13.2 Å². The highest BCUT2D eigenvalue weighted by atomic mass is 32.2. The van der Waals surface area contributed by atoms with Crippen LogP contribution < -0.4 is 9.64 Å². The van der Waals surface area contributed by atoms with E-state index in [9.17, 15) is 8.42 Å². The molecule has 1 fully saturated rings. The van der Waals surface area contributed by atoms with Crippen LogP contribution in [0.1, 0.15) is 0 Å². The van der Waals surface area contributed by atoms with Gasteiger partial charge in [0.2, 0.25) is 10.0 Å². The highest BCUT2D eigenvalue weighted by Crippen LogP contribution is 2.28. The third-order valence-electron chi connectivity index (χ3n) is 4.74. The first-order chi connectivity index (χ1) is 13.6. The van der Waals surface area contributed by atoms with Crippen molar-refractivity contribution in [3.8, 4) is 11.4 Å². The number of ether oxygens (including phenoxy) is 1. The number of rotatable bonds is 5. The number of hydrogen-bond donors (Lipinski definition) is 0. The molecule has 0 N–H and O–H groups in total. The van der Waals surface area contributed by atoms with Gasteiger partial charge in [-0.15, -0.1) is 5.10 Å². The molecule has 10 heteroatoms. The molecule has 0 saturated carbocycles. The summed E-state index contributed by atoms with van der Waals surface area (Å²) in [5, 5.41) is 11.0. The third-order valence-corrected chi connectivity index (χ3v) is 6.64. The summed E-state index contributed by atoms with van der Waals surface area (Å²) in [6.45, 7) is 2.13. The molecule has 1 aromatic heterocycles. The number of nitrogens with zero attached hydrogens (tertiary/aromatic N) is 6. The zero-order valence-electron chi connectivity index (χ0n) is 15.3. The number of benzene rings is 2. The molecule has 0 radical (unpaired) electrons. The van der Waals surface area contributed by atoms with Gasteiger partial charge in [0, 0.05) is 37.9 Å². The average Bonchev–Trinajstić information content (AvgIpc) is 3.28. The summed E-state index contributed by atoms with van der Waals surface area (Å²) in [6.07, 6.45) is 1.43. The first kappa shape index (κ1) is 18.4. The summed E-state index contributed by atoms with van der Waals surface area (Å²) >= 11 is 0. The van der Waals surface area contributed by atoms with Crippen LogP contribution in [0.3, 0.4) is 0 Å². The number of para-hydroxylation sites is 1. The molecule has 1 aliphatic heterocycles. The highest BCUT2D eigenvalue weighted by molar-refractivity contribution is 7.89. The van der Waals surface area contributed by atoms with E-state index in [1.165, 1.54) is 28.5 Å². The van der Waals surface area contributed by atoms with E-state index in [-0.39, 0.29) is 4.90 Å². The Balaban J connectivity index is 1.54. The van der Waals surface area contributed by atoms with Crippen molar-refractivity contribution in [1.29, 1.82) is 0 Å². The minimum absolute atomic E-state index is 0.189. The molecule has 9 nitrogen and oxygen atoms in total. The van der Waals surface area contributed by atoms with E-state index >= 15 is 0 Å². The second-order valence-electron chi connectivity index (χ2n) is 6.31. The molecule has 0 amide bonds. The maximum absolute atomic E-state index is 13.1. The molecule has 0 atom stereocenters. The molecule has 1 saturated heterocycles. The topological polar surface area (TPSA) is 93.5 Å². The Labute approximate surface area is 163 Å². The van der Waals surface area contributed by atoms with E-state index in [0.29, 0.717) is 37.6 Å². The van der Waals surface area contributed by atoms with E-state index < -0.39 is 10.0 Å². The minimum atomic E-state index is -3.62. The van der Waals surface area contributed by atoms with E-state index in [1.54, 1.807) is 12.1 Å². The van der Waals surface area contributed by atoms with Gasteiger partial charge < -0.3 is 9.64 Å². The molecule has 3 aromatic rings. The molecule has 2 heterocycles. The maximum Gasteiger partial charge on any atom is 0.243 e. The van der Waals surface area contributed by atoms with Gasteiger partial charge in [-0.2, -0.15) is 8.99 Å². The van der Waals surface area contributed by atoms with Gasteiger partial charge >= 0.3 is 0 Å². The summed E-state index contributed by atoms with van der Waals surface area (Å²) in [5.41, 5.74) is 1.67. The zero-order valence-corrected chi connectivity index (χ0v) is 16.2. The van der Waals surface area contributed by atoms with Crippen molar-refractivity contribution >= 4 is 15.7 Å². The number of anilines is 1. The van der Waals surface area contributed by atoms with Gasteiger partial charge in [0.25, 0.3) is 0 Å². The van der Waals surface area contributed by atoms with Crippen molar-refractivity contribution in [2.75, 3.05) is 38.2 Å². The number of tetrazole rings is 1. The smallest absolute Gasteiger partial charge is 0.243 e. The van der Waals surface area contributed by atoms with E-state index in [0.717, 1.165) is 5.69 Å². The van der Waals surface area contributed by atoms with Crippen LogP contribution in [-0.4, -0.2) is 66.2 Å². The second kappa shape index (κ2) is 7.56. The monoisotopic (exact) mass is 400 g/mol. The van der Waals surface area contributed by atoms with Crippen LogP contribution in [0.5, 0.6) is 5.75 Å². The van der Waals surface area contributed by atoms with E-state index in [1.807, 2.05) is 30.3 Å². The Morgan fingerprint density at radius 2 is 1.75 bits per heavy atom. The number of hydrogen-bond acceptors (Lipinski definition) is 7. The molecule has 0 aliphatic carbocycles. The Hall–Kier alpha value is -2.98. The van der Waals surface area contributed by atoms with Crippen LogP contribution in [-0.2, 0) is 10.0 Å². The summed E-state index contributed by atoms with van der Waals surface area (Å²) < 4.78 is 34.5. The standard InChI is InChI=1S/C18H20N6O3S/c1-27-18-13-16(7-8-17(18)24-14-19-20-21-24)28(25,26)23-11-9-22(10-12-23)15-5-3-2-4-6-15/h2-8,13-14H,9-12H2,1H3. The zero-order chi connectivity index (χ0) is 19.6. The van der Waals surface area contributed by atoms with Crippen molar-refractivity contribution in [3.63, 3.8) is 0 Å². The van der Waals surface area contributed by atoms with Crippen LogP contribution in [0.4, 0.5) is 5.69 Å². The molecule has 0 unspecified atom stereocenters. The lowest BCUT2D eigenvalue weighted by Gasteiger charge is -2.35. The first-order valence-corrected chi connectivity index (χ1v) is 10.2. The van der Waals surface area contributed by atoms with Crippen molar-refractivity contribution in [3.05, 3.63) is 54.9 Å². The summed E-state index contributed by atoms with van der Waals surface area (Å²) in [5.74, 6) is 0.385. The minimum Gasteiger partial charge on any atom is -0.494 e. The van der Waals surface area contributed by atoms with Crippen molar-refractivity contribution in [2.24, 2.45) is 0 Å². The normalized spacial score (nSPS) is 15.5. The van der Waals surface area contributed by atoms with E-state index in [2.05, 4.69) is 20.4 Å². The summed E-state index contributed by atoms with van der Waals surface area (Å²) in [7, 11) is -2.14. The van der Waals surface area contributed by atoms with Crippen molar-refractivity contribution in [1.82, 2.24) is 24.5 Å². The van der Waals surface area contributed by atoms with Gasteiger partial charge in [-0.25, -0.2) is 8.42 Å². The fourth-order valence-corrected chi connectivity index (χ4v) is 4.69. The molecule has 2 aromatic carbocycles. The van der Waals surface area contributed by atoms with E-state index in [4.69, 9.17) is 4.74 Å². The van der Waals surface area contributed by atoms with Crippen molar-refractivity contribution in [2.45, 2.75) is 4.90 Å². The van der Waals surface area contributed by atoms with Crippen LogP contribution in [0, 0.1) is 0 Å². The van der Waals surface area contributed by atoms with Gasteiger partial charge in [-0.05, 0) is 34.7 Å². The number of aromatic nitrogens is 4. The SMILES string of the molecule is COc1cc(S(=O)(=O)N2CCN(c3ccccc3)CC2)ccc1-n1cnnn1.